The van der Waals surface area contributed by atoms with Crippen molar-refractivity contribution < 1.29 is 9.53 Å². The molecule has 4 heteroatoms. The number of hydrogen-bond acceptors (Lipinski definition) is 3. The Kier molecular flexibility index (Phi) is 4.05. The molecule has 0 aliphatic rings. The first-order chi connectivity index (χ1) is 9.01. The van der Waals surface area contributed by atoms with Crippen LogP contribution >= 0.6 is 11.6 Å². The van der Waals surface area contributed by atoms with E-state index >= 15 is 0 Å². The lowest BCUT2D eigenvalue weighted by molar-refractivity contribution is -0.140. The zero-order chi connectivity index (χ0) is 14.0. The van der Waals surface area contributed by atoms with Crippen LogP contribution in [0.3, 0.4) is 0 Å². The van der Waals surface area contributed by atoms with Gasteiger partial charge in [-0.1, -0.05) is 11.6 Å². The van der Waals surface area contributed by atoms with Crippen molar-refractivity contribution in [3.8, 4) is 0 Å². The van der Waals surface area contributed by atoms with Gasteiger partial charge in [-0.2, -0.15) is 0 Å². The topological polar surface area (TPSA) is 39.2 Å². The Bertz CT molecular complexity index is 638. The molecule has 0 bridgehead atoms. The van der Waals surface area contributed by atoms with Crippen LogP contribution < -0.4 is 0 Å². The third kappa shape index (κ3) is 3.04. The molecule has 0 saturated heterocycles. The van der Waals surface area contributed by atoms with E-state index in [2.05, 4.69) is 9.72 Å². The predicted molar refractivity (Wildman–Crippen MR) is 76.6 cm³/mol. The van der Waals surface area contributed by atoms with Crippen molar-refractivity contribution in [3.05, 3.63) is 40.0 Å². The van der Waals surface area contributed by atoms with Crippen LogP contribution in [0.4, 0.5) is 0 Å². The number of aromatic nitrogens is 1. The van der Waals surface area contributed by atoms with Gasteiger partial charge in [0.2, 0.25) is 0 Å². The molecule has 0 spiro atoms. The number of carbonyl (C=O) groups excluding carboxylic acids is 1. The van der Waals surface area contributed by atoms with E-state index in [1.165, 1.54) is 7.11 Å². The fraction of sp³-hybridized carbons (Fsp3) is 0.333. The van der Waals surface area contributed by atoms with Crippen LogP contribution in [0.2, 0.25) is 5.02 Å². The number of pyridine rings is 1. The molecule has 1 aromatic heterocycles. The molecule has 0 unspecified atom stereocenters. The minimum atomic E-state index is -0.215. The Morgan fingerprint density at radius 3 is 2.68 bits per heavy atom. The first-order valence-corrected chi connectivity index (χ1v) is 6.52. The standard InChI is InChI=1S/C15H16ClNO2/c1-9-7-12(4-5-14(18)19-3)17-15-10(2)6-11(16)8-13(9)15/h6-8H,4-5H2,1-3H3. The lowest BCUT2D eigenvalue weighted by Crippen LogP contribution is -2.03. The molecular formula is C15H16ClNO2. The molecule has 0 aliphatic carbocycles. The van der Waals surface area contributed by atoms with Gasteiger partial charge in [0.15, 0.2) is 0 Å². The summed E-state index contributed by atoms with van der Waals surface area (Å²) in [5, 5.41) is 1.78. The first kappa shape index (κ1) is 13.8. The highest BCUT2D eigenvalue weighted by Gasteiger charge is 2.08. The van der Waals surface area contributed by atoms with Crippen molar-refractivity contribution in [2.45, 2.75) is 26.7 Å². The molecule has 3 nitrogen and oxygen atoms in total. The zero-order valence-corrected chi connectivity index (χ0v) is 12.0. The number of nitrogens with zero attached hydrogens (tertiary/aromatic N) is 1. The van der Waals surface area contributed by atoms with E-state index in [0.717, 1.165) is 32.7 Å². The second-order valence-corrected chi connectivity index (χ2v) is 5.06. The van der Waals surface area contributed by atoms with E-state index < -0.39 is 0 Å². The highest BCUT2D eigenvalue weighted by molar-refractivity contribution is 6.31. The Morgan fingerprint density at radius 2 is 2.00 bits per heavy atom. The smallest absolute Gasteiger partial charge is 0.305 e. The molecule has 2 rings (SSSR count). The molecule has 100 valence electrons. The van der Waals surface area contributed by atoms with Gasteiger partial charge >= 0.3 is 5.97 Å². The number of benzene rings is 1. The minimum absolute atomic E-state index is 0.215. The Hall–Kier alpha value is -1.61. The monoisotopic (exact) mass is 277 g/mol. The molecule has 0 amide bonds. The summed E-state index contributed by atoms with van der Waals surface area (Å²) >= 11 is 6.07. The average molecular weight is 278 g/mol. The van der Waals surface area contributed by atoms with Crippen molar-refractivity contribution in [1.29, 1.82) is 0 Å². The average Bonchev–Trinajstić information content (AvgIpc) is 2.37. The van der Waals surface area contributed by atoms with Crippen LogP contribution in [-0.4, -0.2) is 18.1 Å². The predicted octanol–water partition coefficient (Wildman–Crippen LogP) is 3.61. The van der Waals surface area contributed by atoms with Crippen LogP contribution in [0.5, 0.6) is 0 Å². The molecule has 0 aliphatic heterocycles. The highest BCUT2D eigenvalue weighted by Crippen LogP contribution is 2.25. The van der Waals surface area contributed by atoms with E-state index in [9.17, 15) is 4.79 Å². The maximum absolute atomic E-state index is 11.2. The van der Waals surface area contributed by atoms with E-state index in [1.807, 2.05) is 32.0 Å². The van der Waals surface area contributed by atoms with E-state index in [1.54, 1.807) is 0 Å². The quantitative estimate of drug-likeness (QED) is 0.805. The number of methoxy groups -OCH3 is 1. The summed E-state index contributed by atoms with van der Waals surface area (Å²) in [7, 11) is 1.40. The molecule has 1 aromatic carbocycles. The number of carbonyl (C=O) groups is 1. The van der Waals surface area contributed by atoms with Crippen LogP contribution in [0.1, 0.15) is 23.2 Å². The Balaban J connectivity index is 2.41. The summed E-state index contributed by atoms with van der Waals surface area (Å²) in [6.45, 7) is 4.02. The van der Waals surface area contributed by atoms with Gasteiger partial charge in [0.05, 0.1) is 19.0 Å². The molecule has 1 heterocycles. The van der Waals surface area contributed by atoms with Gasteiger partial charge in [0.1, 0.15) is 0 Å². The summed E-state index contributed by atoms with van der Waals surface area (Å²) in [4.78, 5) is 15.8. The van der Waals surface area contributed by atoms with Crippen molar-refractivity contribution in [2.75, 3.05) is 7.11 Å². The number of aryl methyl sites for hydroxylation is 3. The largest absolute Gasteiger partial charge is 0.469 e. The van der Waals surface area contributed by atoms with Crippen molar-refractivity contribution in [1.82, 2.24) is 4.98 Å². The van der Waals surface area contributed by atoms with E-state index in [0.29, 0.717) is 12.8 Å². The molecular weight excluding hydrogens is 262 g/mol. The highest BCUT2D eigenvalue weighted by atomic mass is 35.5. The minimum Gasteiger partial charge on any atom is -0.469 e. The fourth-order valence-electron chi connectivity index (χ4n) is 2.15. The van der Waals surface area contributed by atoms with Gasteiger partial charge in [-0.15, -0.1) is 0 Å². The number of halogens is 1. The normalized spacial score (nSPS) is 10.7. The third-order valence-corrected chi connectivity index (χ3v) is 3.36. The first-order valence-electron chi connectivity index (χ1n) is 6.14. The Labute approximate surface area is 117 Å². The van der Waals surface area contributed by atoms with Gasteiger partial charge in [0.25, 0.3) is 0 Å². The summed E-state index contributed by atoms with van der Waals surface area (Å²) in [5.74, 6) is -0.215. The van der Waals surface area contributed by atoms with Gasteiger partial charge in [-0.3, -0.25) is 9.78 Å². The summed E-state index contributed by atoms with van der Waals surface area (Å²) in [6.07, 6.45) is 0.937. The van der Waals surface area contributed by atoms with E-state index in [4.69, 9.17) is 11.6 Å². The van der Waals surface area contributed by atoms with Crippen LogP contribution in [0.25, 0.3) is 10.9 Å². The molecule has 0 saturated carbocycles. The maximum Gasteiger partial charge on any atom is 0.305 e. The van der Waals surface area contributed by atoms with Crippen LogP contribution in [0.15, 0.2) is 18.2 Å². The van der Waals surface area contributed by atoms with Crippen molar-refractivity contribution in [3.63, 3.8) is 0 Å². The molecule has 0 N–H and O–H groups in total. The third-order valence-electron chi connectivity index (χ3n) is 3.14. The van der Waals surface area contributed by atoms with Gasteiger partial charge in [0, 0.05) is 22.5 Å². The summed E-state index contributed by atoms with van der Waals surface area (Å²) in [5.41, 5.74) is 4.02. The lowest BCUT2D eigenvalue weighted by Gasteiger charge is -2.09. The van der Waals surface area contributed by atoms with Crippen molar-refractivity contribution in [2.24, 2.45) is 0 Å². The molecule has 0 atom stereocenters. The fourth-order valence-corrected chi connectivity index (χ4v) is 2.42. The Morgan fingerprint density at radius 1 is 1.26 bits per heavy atom. The zero-order valence-electron chi connectivity index (χ0n) is 11.3. The second-order valence-electron chi connectivity index (χ2n) is 4.63. The number of rotatable bonds is 3. The summed E-state index contributed by atoms with van der Waals surface area (Å²) < 4.78 is 4.64. The van der Waals surface area contributed by atoms with Gasteiger partial charge in [-0.25, -0.2) is 0 Å². The molecule has 2 aromatic rings. The number of fused-ring (bicyclic) bond motifs is 1. The van der Waals surface area contributed by atoms with Crippen LogP contribution in [-0.2, 0) is 16.0 Å². The molecule has 19 heavy (non-hydrogen) atoms. The number of esters is 1. The lowest BCUT2D eigenvalue weighted by atomic mass is 10.0. The van der Waals surface area contributed by atoms with E-state index in [-0.39, 0.29) is 5.97 Å². The number of ether oxygens (including phenoxy) is 1. The van der Waals surface area contributed by atoms with Crippen molar-refractivity contribution >= 4 is 28.5 Å². The van der Waals surface area contributed by atoms with Gasteiger partial charge < -0.3 is 4.74 Å². The molecule has 0 fully saturated rings. The van der Waals surface area contributed by atoms with Gasteiger partial charge in [-0.05, 0) is 43.2 Å². The van der Waals surface area contributed by atoms with Crippen LogP contribution in [0, 0.1) is 13.8 Å². The summed E-state index contributed by atoms with van der Waals surface area (Å²) in [6, 6.07) is 5.83. The SMILES string of the molecule is COC(=O)CCc1cc(C)c2cc(Cl)cc(C)c2n1. The second kappa shape index (κ2) is 5.57. The maximum atomic E-state index is 11.2. The number of hydrogen-bond donors (Lipinski definition) is 0. The molecule has 0 radical (unpaired) electrons.